The lowest BCUT2D eigenvalue weighted by molar-refractivity contribution is 0.411. The van der Waals surface area contributed by atoms with Crippen LogP contribution in [0.4, 0.5) is 0 Å². The normalized spacial score (nSPS) is 12.2. The van der Waals surface area contributed by atoms with E-state index < -0.39 is 0 Å². The lowest BCUT2D eigenvalue weighted by Gasteiger charge is -2.21. The van der Waals surface area contributed by atoms with Gasteiger partial charge in [0.25, 0.3) is 0 Å². The Morgan fingerprint density at radius 3 is 2.06 bits per heavy atom. The summed E-state index contributed by atoms with van der Waals surface area (Å²) >= 11 is 0. The molecule has 0 bridgehead atoms. The lowest BCUT2D eigenvalue weighted by atomic mass is 9.84. The van der Waals surface area contributed by atoms with Crippen LogP contribution < -0.4 is 0 Å². The molecule has 0 saturated carbocycles. The molecule has 90 valence electrons. The van der Waals surface area contributed by atoms with Crippen LogP contribution in [-0.4, -0.2) is 0 Å². The van der Waals surface area contributed by atoms with Crippen molar-refractivity contribution in [3.63, 3.8) is 0 Å². The highest BCUT2D eigenvalue weighted by atomic mass is 14.2. The van der Waals surface area contributed by atoms with Crippen LogP contribution in [0.25, 0.3) is 0 Å². The second-order valence-electron chi connectivity index (χ2n) is 6.52. The van der Waals surface area contributed by atoms with Gasteiger partial charge < -0.3 is 0 Å². The van der Waals surface area contributed by atoms with Crippen molar-refractivity contribution in [2.45, 2.75) is 60.8 Å². The molecule has 0 aromatic heterocycles. The number of benzene rings is 1. The van der Waals surface area contributed by atoms with Gasteiger partial charge in [0.15, 0.2) is 0 Å². The van der Waals surface area contributed by atoms with Gasteiger partial charge in [-0.15, -0.1) is 0 Å². The third-order valence-electron chi connectivity index (χ3n) is 3.12. The molecule has 0 aliphatic heterocycles. The highest BCUT2D eigenvalue weighted by molar-refractivity contribution is 5.39. The zero-order valence-corrected chi connectivity index (χ0v) is 11.9. The molecular formula is C16H26. The number of aryl methyl sites for hydroxylation is 1. The topological polar surface area (TPSA) is 0 Å². The maximum atomic E-state index is 2.40. The maximum absolute atomic E-state index is 2.40. The monoisotopic (exact) mass is 218 g/mol. The van der Waals surface area contributed by atoms with E-state index in [4.69, 9.17) is 0 Å². The molecule has 1 rings (SSSR count). The van der Waals surface area contributed by atoms with Gasteiger partial charge in [-0.1, -0.05) is 46.8 Å². The molecule has 16 heavy (non-hydrogen) atoms. The summed E-state index contributed by atoms with van der Waals surface area (Å²) in [7, 11) is 0. The smallest absolute Gasteiger partial charge is 0.0216 e. The van der Waals surface area contributed by atoms with E-state index in [0.717, 1.165) is 6.42 Å². The minimum absolute atomic E-state index is 0.371. The molecule has 1 aromatic carbocycles. The van der Waals surface area contributed by atoms with E-state index in [1.165, 1.54) is 22.3 Å². The molecule has 0 spiro atoms. The average molecular weight is 218 g/mol. The van der Waals surface area contributed by atoms with Crippen molar-refractivity contribution < 1.29 is 0 Å². The molecule has 0 aliphatic rings. The first-order valence-electron chi connectivity index (χ1n) is 6.31. The van der Waals surface area contributed by atoms with E-state index in [0.29, 0.717) is 11.3 Å². The highest BCUT2D eigenvalue weighted by Crippen LogP contribution is 2.27. The molecule has 0 nitrogen and oxygen atoms in total. The minimum Gasteiger partial charge on any atom is -0.0599 e. The van der Waals surface area contributed by atoms with E-state index in [1.54, 1.807) is 0 Å². The number of rotatable bonds is 2. The van der Waals surface area contributed by atoms with Gasteiger partial charge in [-0.2, -0.15) is 0 Å². The second kappa shape index (κ2) is 4.61. The van der Waals surface area contributed by atoms with Crippen LogP contribution in [0.3, 0.4) is 0 Å². The second-order valence-corrected chi connectivity index (χ2v) is 6.52. The first kappa shape index (κ1) is 13.3. The number of hydrogen-bond acceptors (Lipinski definition) is 0. The summed E-state index contributed by atoms with van der Waals surface area (Å²) in [6.45, 7) is 15.9. The molecule has 0 aliphatic carbocycles. The summed E-state index contributed by atoms with van der Waals surface area (Å²) in [5, 5.41) is 0. The van der Waals surface area contributed by atoms with E-state index >= 15 is 0 Å². The Balaban J connectivity index is 3.14. The minimum atomic E-state index is 0.371. The summed E-state index contributed by atoms with van der Waals surface area (Å²) in [4.78, 5) is 0. The van der Waals surface area contributed by atoms with Crippen LogP contribution in [-0.2, 0) is 6.42 Å². The van der Waals surface area contributed by atoms with Crippen molar-refractivity contribution in [3.05, 3.63) is 34.4 Å². The van der Waals surface area contributed by atoms with Crippen molar-refractivity contribution in [1.29, 1.82) is 0 Å². The number of hydrogen-bond donors (Lipinski definition) is 0. The van der Waals surface area contributed by atoms with Gasteiger partial charge >= 0.3 is 0 Å². The van der Waals surface area contributed by atoms with Gasteiger partial charge in [-0.05, 0) is 53.9 Å². The summed E-state index contributed by atoms with van der Waals surface area (Å²) < 4.78 is 0. The molecule has 0 amide bonds. The molecule has 1 aromatic rings. The lowest BCUT2D eigenvalue weighted by Crippen LogP contribution is -2.10. The fraction of sp³-hybridized carbons (Fsp3) is 0.625. The standard InChI is InChI=1S/C16H26/c1-11(2)15-9-14(10-16(5,6)7)8-12(3)13(15)4/h8-9,11H,10H2,1-7H3. The van der Waals surface area contributed by atoms with E-state index in [9.17, 15) is 0 Å². The first-order valence-corrected chi connectivity index (χ1v) is 6.31. The Hall–Kier alpha value is -0.780. The van der Waals surface area contributed by atoms with E-state index in [1.807, 2.05) is 0 Å². The van der Waals surface area contributed by atoms with Crippen molar-refractivity contribution in [3.8, 4) is 0 Å². The van der Waals surface area contributed by atoms with Crippen molar-refractivity contribution in [2.24, 2.45) is 5.41 Å². The molecule has 0 heteroatoms. The first-order chi connectivity index (χ1) is 7.20. The van der Waals surface area contributed by atoms with Crippen LogP contribution >= 0.6 is 0 Å². The SMILES string of the molecule is Cc1cc(CC(C)(C)C)cc(C(C)C)c1C. The van der Waals surface area contributed by atoms with Crippen molar-refractivity contribution in [2.75, 3.05) is 0 Å². The third kappa shape index (κ3) is 3.37. The maximum Gasteiger partial charge on any atom is -0.0216 e. The van der Waals surface area contributed by atoms with Crippen LogP contribution in [0.5, 0.6) is 0 Å². The third-order valence-corrected chi connectivity index (χ3v) is 3.12. The van der Waals surface area contributed by atoms with E-state index in [2.05, 4.69) is 60.6 Å². The van der Waals surface area contributed by atoms with Crippen LogP contribution in [0.1, 0.15) is 62.8 Å². The predicted octanol–water partition coefficient (Wildman–Crippen LogP) is 5.02. The van der Waals surface area contributed by atoms with Gasteiger partial charge in [-0.25, -0.2) is 0 Å². The molecule has 0 saturated heterocycles. The Labute approximate surface area is 101 Å². The molecule has 0 atom stereocenters. The summed E-state index contributed by atoms with van der Waals surface area (Å²) in [5.41, 5.74) is 6.27. The molecular weight excluding hydrogens is 192 g/mol. The molecule has 0 heterocycles. The zero-order chi connectivity index (χ0) is 12.5. The Kier molecular flexibility index (Phi) is 3.83. The Bertz CT molecular complexity index is 364. The average Bonchev–Trinajstić information content (AvgIpc) is 2.07. The molecule has 0 radical (unpaired) electrons. The largest absolute Gasteiger partial charge is 0.0599 e. The quantitative estimate of drug-likeness (QED) is 0.654. The summed E-state index contributed by atoms with van der Waals surface area (Å²) in [5.74, 6) is 0.624. The van der Waals surface area contributed by atoms with Crippen molar-refractivity contribution >= 4 is 0 Å². The fourth-order valence-electron chi connectivity index (χ4n) is 2.28. The molecule has 0 unspecified atom stereocenters. The van der Waals surface area contributed by atoms with E-state index in [-0.39, 0.29) is 0 Å². The van der Waals surface area contributed by atoms with Crippen LogP contribution in [0.15, 0.2) is 12.1 Å². The van der Waals surface area contributed by atoms with Crippen molar-refractivity contribution in [1.82, 2.24) is 0 Å². The molecule has 0 fully saturated rings. The van der Waals surface area contributed by atoms with Crippen LogP contribution in [0.2, 0.25) is 0 Å². The van der Waals surface area contributed by atoms with Gasteiger partial charge in [0, 0.05) is 0 Å². The zero-order valence-electron chi connectivity index (χ0n) is 11.9. The molecule has 0 N–H and O–H groups in total. The Morgan fingerprint density at radius 2 is 1.62 bits per heavy atom. The van der Waals surface area contributed by atoms with Gasteiger partial charge in [-0.3, -0.25) is 0 Å². The highest BCUT2D eigenvalue weighted by Gasteiger charge is 2.14. The Morgan fingerprint density at radius 1 is 1.06 bits per heavy atom. The summed E-state index contributed by atoms with van der Waals surface area (Å²) in [6, 6.07) is 4.75. The summed E-state index contributed by atoms with van der Waals surface area (Å²) in [6.07, 6.45) is 1.16. The van der Waals surface area contributed by atoms with Gasteiger partial charge in [0.2, 0.25) is 0 Å². The van der Waals surface area contributed by atoms with Gasteiger partial charge in [0.1, 0.15) is 0 Å². The predicted molar refractivity (Wildman–Crippen MR) is 73.2 cm³/mol. The van der Waals surface area contributed by atoms with Gasteiger partial charge in [0.05, 0.1) is 0 Å². The van der Waals surface area contributed by atoms with Crippen LogP contribution in [0, 0.1) is 19.3 Å². The fourth-order valence-corrected chi connectivity index (χ4v) is 2.28.